The molecule has 3 rings (SSSR count). The number of carbonyl (C=O) groups is 2. The van der Waals surface area contributed by atoms with Gasteiger partial charge in [-0.25, -0.2) is 0 Å². The molecule has 0 radical (unpaired) electrons. The molecule has 2 heterocycles. The number of Topliss-reactive ketones (excluding diaryl/α,β-unsaturated/α-hetero) is 1. The summed E-state index contributed by atoms with van der Waals surface area (Å²) in [5, 5.41) is 0. The second-order valence-electron chi connectivity index (χ2n) is 5.63. The molecule has 2 atom stereocenters. The van der Waals surface area contributed by atoms with Gasteiger partial charge in [0.2, 0.25) is 5.91 Å². The van der Waals surface area contributed by atoms with Crippen LogP contribution in [0.25, 0.3) is 0 Å². The van der Waals surface area contributed by atoms with Crippen LogP contribution in [-0.4, -0.2) is 36.3 Å². The minimum Gasteiger partial charge on any atom is -0.493 e. The summed E-state index contributed by atoms with van der Waals surface area (Å²) < 4.78 is 5.60. The molecule has 0 aliphatic carbocycles. The summed E-state index contributed by atoms with van der Waals surface area (Å²) in [6.45, 7) is 3.59. The van der Waals surface area contributed by atoms with Crippen molar-refractivity contribution in [3.63, 3.8) is 0 Å². The first-order chi connectivity index (χ1) is 9.66. The van der Waals surface area contributed by atoms with Crippen LogP contribution in [-0.2, 0) is 9.59 Å². The zero-order chi connectivity index (χ0) is 14.1. The van der Waals surface area contributed by atoms with Crippen LogP contribution in [0.2, 0.25) is 0 Å². The van der Waals surface area contributed by atoms with E-state index < -0.39 is 0 Å². The highest BCUT2D eigenvalue weighted by atomic mass is 16.5. The van der Waals surface area contributed by atoms with E-state index in [1.165, 1.54) is 0 Å². The molecule has 1 aromatic carbocycles. The van der Waals surface area contributed by atoms with Crippen molar-refractivity contribution in [2.24, 2.45) is 5.92 Å². The third-order valence-electron chi connectivity index (χ3n) is 4.24. The molecule has 1 aromatic rings. The molecule has 0 bridgehead atoms. The molecule has 4 heteroatoms. The van der Waals surface area contributed by atoms with Crippen molar-refractivity contribution >= 4 is 11.7 Å². The van der Waals surface area contributed by atoms with Crippen LogP contribution in [0.15, 0.2) is 24.3 Å². The first-order valence-electron chi connectivity index (χ1n) is 7.20. The Bertz CT molecular complexity index is 540. The fourth-order valence-corrected chi connectivity index (χ4v) is 3.03. The molecule has 0 saturated carbocycles. The van der Waals surface area contributed by atoms with Crippen LogP contribution in [0.4, 0.5) is 0 Å². The Morgan fingerprint density at radius 2 is 2.15 bits per heavy atom. The van der Waals surface area contributed by atoms with E-state index in [1.807, 2.05) is 36.1 Å². The summed E-state index contributed by atoms with van der Waals surface area (Å²) >= 11 is 0. The van der Waals surface area contributed by atoms with Crippen molar-refractivity contribution in [2.75, 3.05) is 19.7 Å². The Kier molecular flexibility index (Phi) is 3.47. The van der Waals surface area contributed by atoms with Crippen LogP contribution >= 0.6 is 0 Å². The zero-order valence-electron chi connectivity index (χ0n) is 11.7. The summed E-state index contributed by atoms with van der Waals surface area (Å²) in [5.74, 6) is 1.06. The lowest BCUT2D eigenvalue weighted by Crippen LogP contribution is -2.45. The van der Waals surface area contributed by atoms with Gasteiger partial charge in [-0.15, -0.1) is 0 Å². The second kappa shape index (κ2) is 5.27. The van der Waals surface area contributed by atoms with Gasteiger partial charge < -0.3 is 9.64 Å². The fourth-order valence-electron chi connectivity index (χ4n) is 3.03. The summed E-state index contributed by atoms with van der Waals surface area (Å²) in [6.07, 6.45) is 1.20. The maximum Gasteiger partial charge on any atom is 0.230 e. The highest BCUT2D eigenvalue weighted by molar-refractivity contribution is 5.88. The maximum atomic E-state index is 12.7. The van der Waals surface area contributed by atoms with Crippen molar-refractivity contribution in [2.45, 2.75) is 25.7 Å². The molecule has 1 fully saturated rings. The molecule has 2 aliphatic rings. The number of nitrogens with zero attached hydrogens (tertiary/aromatic N) is 1. The smallest absolute Gasteiger partial charge is 0.230 e. The number of likely N-dealkylation sites (tertiary alicyclic amines) is 1. The number of fused-ring (bicyclic) bond motifs is 1. The molecule has 2 aliphatic heterocycles. The molecule has 0 aromatic heterocycles. The number of carbonyl (C=O) groups excluding carboxylic acids is 2. The van der Waals surface area contributed by atoms with E-state index in [-0.39, 0.29) is 23.5 Å². The Balaban J connectivity index is 1.80. The molecular weight excluding hydrogens is 254 g/mol. The lowest BCUT2D eigenvalue weighted by molar-refractivity contribution is -0.138. The molecule has 20 heavy (non-hydrogen) atoms. The number of piperidine rings is 1. The van der Waals surface area contributed by atoms with E-state index in [9.17, 15) is 9.59 Å². The van der Waals surface area contributed by atoms with Gasteiger partial charge in [-0.2, -0.15) is 0 Å². The number of rotatable bonds is 1. The summed E-state index contributed by atoms with van der Waals surface area (Å²) in [5.41, 5.74) is 0.980. The third-order valence-corrected chi connectivity index (χ3v) is 4.24. The van der Waals surface area contributed by atoms with E-state index in [2.05, 4.69) is 0 Å². The molecule has 1 saturated heterocycles. The number of ether oxygens (including phenoxy) is 1. The molecule has 1 amide bonds. The highest BCUT2D eigenvalue weighted by Crippen LogP contribution is 2.35. The van der Waals surface area contributed by atoms with E-state index in [0.717, 1.165) is 11.3 Å². The Labute approximate surface area is 118 Å². The SMILES string of the molecule is CC1CN(C(=O)C2CCOc3ccccc32)CCC1=O. The van der Waals surface area contributed by atoms with Gasteiger partial charge in [0.1, 0.15) is 11.5 Å². The van der Waals surface area contributed by atoms with Crippen LogP contribution in [0.5, 0.6) is 5.75 Å². The first-order valence-corrected chi connectivity index (χ1v) is 7.20. The van der Waals surface area contributed by atoms with Crippen molar-refractivity contribution in [3.05, 3.63) is 29.8 Å². The van der Waals surface area contributed by atoms with Crippen molar-refractivity contribution < 1.29 is 14.3 Å². The molecule has 4 nitrogen and oxygen atoms in total. The van der Waals surface area contributed by atoms with Gasteiger partial charge >= 0.3 is 0 Å². The molecule has 0 N–H and O–H groups in total. The fraction of sp³-hybridized carbons (Fsp3) is 0.500. The zero-order valence-corrected chi connectivity index (χ0v) is 11.7. The number of hydrogen-bond acceptors (Lipinski definition) is 3. The Hall–Kier alpha value is -1.84. The van der Waals surface area contributed by atoms with Gasteiger partial charge in [0.25, 0.3) is 0 Å². The lowest BCUT2D eigenvalue weighted by atomic mass is 9.90. The average Bonchev–Trinajstić information content (AvgIpc) is 2.49. The van der Waals surface area contributed by atoms with E-state index in [0.29, 0.717) is 32.5 Å². The van der Waals surface area contributed by atoms with Crippen LogP contribution in [0, 0.1) is 5.92 Å². The summed E-state index contributed by atoms with van der Waals surface area (Å²) in [6, 6.07) is 7.75. The largest absolute Gasteiger partial charge is 0.493 e. The number of para-hydroxylation sites is 1. The molecule has 106 valence electrons. The number of benzene rings is 1. The van der Waals surface area contributed by atoms with Crippen molar-refractivity contribution in [1.82, 2.24) is 4.90 Å². The summed E-state index contributed by atoms with van der Waals surface area (Å²) in [4.78, 5) is 26.2. The molecule has 2 unspecified atom stereocenters. The van der Waals surface area contributed by atoms with Crippen LogP contribution < -0.4 is 4.74 Å². The predicted octanol–water partition coefficient (Wildman–Crippen LogP) is 1.99. The van der Waals surface area contributed by atoms with Crippen molar-refractivity contribution in [3.8, 4) is 5.75 Å². The summed E-state index contributed by atoms with van der Waals surface area (Å²) in [7, 11) is 0. The van der Waals surface area contributed by atoms with Gasteiger partial charge in [-0.1, -0.05) is 25.1 Å². The van der Waals surface area contributed by atoms with Gasteiger partial charge in [-0.3, -0.25) is 9.59 Å². The molecular formula is C16H19NO3. The second-order valence-corrected chi connectivity index (χ2v) is 5.63. The predicted molar refractivity (Wildman–Crippen MR) is 74.7 cm³/mol. The van der Waals surface area contributed by atoms with Gasteiger partial charge in [0.05, 0.1) is 12.5 Å². The van der Waals surface area contributed by atoms with E-state index >= 15 is 0 Å². The topological polar surface area (TPSA) is 46.6 Å². The van der Waals surface area contributed by atoms with E-state index in [4.69, 9.17) is 4.74 Å². The quantitative estimate of drug-likeness (QED) is 0.786. The van der Waals surface area contributed by atoms with E-state index in [1.54, 1.807) is 0 Å². The van der Waals surface area contributed by atoms with Gasteiger partial charge in [0.15, 0.2) is 0 Å². The maximum absolute atomic E-state index is 12.7. The highest BCUT2D eigenvalue weighted by Gasteiger charge is 2.34. The number of ketones is 1. The minimum atomic E-state index is -0.125. The van der Waals surface area contributed by atoms with Gasteiger partial charge in [0, 0.05) is 31.0 Å². The Morgan fingerprint density at radius 1 is 1.35 bits per heavy atom. The van der Waals surface area contributed by atoms with Crippen LogP contribution in [0.1, 0.15) is 31.2 Å². The van der Waals surface area contributed by atoms with Crippen LogP contribution in [0.3, 0.4) is 0 Å². The minimum absolute atomic E-state index is 0.0391. The number of hydrogen-bond donors (Lipinski definition) is 0. The molecule has 0 spiro atoms. The third kappa shape index (κ3) is 2.30. The standard InChI is InChI=1S/C16H19NO3/c1-11-10-17(8-6-14(11)18)16(19)13-7-9-20-15-5-3-2-4-12(13)15/h2-5,11,13H,6-10H2,1H3. The first kappa shape index (κ1) is 13.2. The van der Waals surface area contributed by atoms with Crippen molar-refractivity contribution in [1.29, 1.82) is 0 Å². The monoisotopic (exact) mass is 273 g/mol. The lowest BCUT2D eigenvalue weighted by Gasteiger charge is -2.34. The normalized spacial score (nSPS) is 25.9. The number of amides is 1. The Morgan fingerprint density at radius 3 is 2.95 bits per heavy atom. The van der Waals surface area contributed by atoms with Gasteiger partial charge in [-0.05, 0) is 12.5 Å². The average molecular weight is 273 g/mol.